The second-order valence-electron chi connectivity index (χ2n) is 5.96. The minimum atomic E-state index is 0.736. The van der Waals surface area contributed by atoms with Crippen molar-refractivity contribution in [1.29, 1.82) is 0 Å². The predicted molar refractivity (Wildman–Crippen MR) is 99.7 cm³/mol. The van der Waals surface area contributed by atoms with Gasteiger partial charge in [0.15, 0.2) is 0 Å². The van der Waals surface area contributed by atoms with Gasteiger partial charge in [-0.25, -0.2) is 9.97 Å². The van der Waals surface area contributed by atoms with Gasteiger partial charge in [-0.1, -0.05) is 48.0 Å². The standard InChI is InChI=1S/C20H22N4/c1-14-8-10-17(11-9-14)13-21-19-12-20(23-16(3)22-19)24-18-7-5-4-6-15(18)2/h4-12H,13H2,1-3H3,(H2,21,22,23,24). The minimum Gasteiger partial charge on any atom is -0.366 e. The van der Waals surface area contributed by atoms with Gasteiger partial charge in [0.05, 0.1) is 0 Å². The maximum atomic E-state index is 4.47. The molecule has 122 valence electrons. The van der Waals surface area contributed by atoms with Crippen LogP contribution < -0.4 is 10.6 Å². The molecule has 1 heterocycles. The van der Waals surface area contributed by atoms with E-state index < -0.39 is 0 Å². The summed E-state index contributed by atoms with van der Waals surface area (Å²) in [5, 5.41) is 6.74. The highest BCUT2D eigenvalue weighted by Crippen LogP contribution is 2.20. The number of hydrogen-bond acceptors (Lipinski definition) is 4. The summed E-state index contributed by atoms with van der Waals surface area (Å²) in [6.07, 6.45) is 0. The minimum absolute atomic E-state index is 0.736. The van der Waals surface area contributed by atoms with Gasteiger partial charge in [0, 0.05) is 18.3 Å². The number of aromatic nitrogens is 2. The lowest BCUT2D eigenvalue weighted by molar-refractivity contribution is 1.02. The summed E-state index contributed by atoms with van der Waals surface area (Å²) in [4.78, 5) is 8.94. The molecule has 4 heteroatoms. The average molecular weight is 318 g/mol. The third-order valence-electron chi connectivity index (χ3n) is 3.84. The van der Waals surface area contributed by atoms with Crippen LogP contribution in [0, 0.1) is 20.8 Å². The molecular weight excluding hydrogens is 296 g/mol. The van der Waals surface area contributed by atoms with E-state index in [0.717, 1.165) is 29.7 Å². The fraction of sp³-hybridized carbons (Fsp3) is 0.200. The van der Waals surface area contributed by atoms with Crippen LogP contribution >= 0.6 is 0 Å². The van der Waals surface area contributed by atoms with Crippen LogP contribution in [0.15, 0.2) is 54.6 Å². The molecule has 0 atom stereocenters. The predicted octanol–water partition coefficient (Wildman–Crippen LogP) is 4.76. The Hall–Kier alpha value is -2.88. The van der Waals surface area contributed by atoms with Crippen LogP contribution in [0.5, 0.6) is 0 Å². The lowest BCUT2D eigenvalue weighted by Gasteiger charge is -2.12. The van der Waals surface area contributed by atoms with E-state index >= 15 is 0 Å². The molecule has 3 aromatic rings. The molecule has 0 saturated carbocycles. The highest BCUT2D eigenvalue weighted by atomic mass is 15.1. The topological polar surface area (TPSA) is 49.8 Å². The van der Waals surface area contributed by atoms with E-state index in [0.29, 0.717) is 0 Å². The molecule has 0 aliphatic carbocycles. The Kier molecular flexibility index (Phi) is 4.75. The van der Waals surface area contributed by atoms with Gasteiger partial charge in [0.25, 0.3) is 0 Å². The fourth-order valence-corrected chi connectivity index (χ4v) is 2.47. The smallest absolute Gasteiger partial charge is 0.136 e. The van der Waals surface area contributed by atoms with Gasteiger partial charge in [-0.2, -0.15) is 0 Å². The van der Waals surface area contributed by atoms with Crippen molar-refractivity contribution in [2.75, 3.05) is 10.6 Å². The Bertz CT molecular complexity index is 825. The Morgan fingerprint density at radius 3 is 2.29 bits per heavy atom. The van der Waals surface area contributed by atoms with Crippen LogP contribution in [0.25, 0.3) is 0 Å². The summed E-state index contributed by atoms with van der Waals surface area (Å²) in [5.74, 6) is 2.35. The normalized spacial score (nSPS) is 10.5. The van der Waals surface area contributed by atoms with Gasteiger partial charge in [0.1, 0.15) is 17.5 Å². The number of para-hydroxylation sites is 1. The first kappa shape index (κ1) is 16.0. The van der Waals surface area contributed by atoms with E-state index in [9.17, 15) is 0 Å². The molecule has 1 aromatic heterocycles. The van der Waals surface area contributed by atoms with Crippen molar-refractivity contribution in [3.63, 3.8) is 0 Å². The van der Waals surface area contributed by atoms with Crippen LogP contribution in [0.2, 0.25) is 0 Å². The second kappa shape index (κ2) is 7.13. The van der Waals surface area contributed by atoms with Gasteiger partial charge in [0.2, 0.25) is 0 Å². The lowest BCUT2D eigenvalue weighted by Crippen LogP contribution is -2.05. The van der Waals surface area contributed by atoms with Crippen LogP contribution in [0.3, 0.4) is 0 Å². The molecule has 3 rings (SSSR count). The highest BCUT2D eigenvalue weighted by molar-refractivity contribution is 5.62. The summed E-state index contributed by atoms with van der Waals surface area (Å²) in [6.45, 7) is 6.81. The first-order chi connectivity index (χ1) is 11.6. The van der Waals surface area contributed by atoms with Crippen molar-refractivity contribution in [3.8, 4) is 0 Å². The molecule has 0 bridgehead atoms. The van der Waals surface area contributed by atoms with E-state index in [-0.39, 0.29) is 0 Å². The third kappa shape index (κ3) is 4.10. The number of benzene rings is 2. The zero-order chi connectivity index (χ0) is 16.9. The maximum absolute atomic E-state index is 4.47. The molecule has 0 amide bonds. The summed E-state index contributed by atoms with van der Waals surface area (Å²) >= 11 is 0. The van der Waals surface area contributed by atoms with E-state index in [1.165, 1.54) is 16.7 Å². The average Bonchev–Trinajstić information content (AvgIpc) is 2.56. The molecule has 0 aliphatic rings. The third-order valence-corrected chi connectivity index (χ3v) is 3.84. The summed E-state index contributed by atoms with van der Waals surface area (Å²) < 4.78 is 0. The van der Waals surface area contributed by atoms with Crippen molar-refractivity contribution in [1.82, 2.24) is 9.97 Å². The molecule has 0 unspecified atom stereocenters. The van der Waals surface area contributed by atoms with Crippen LogP contribution in [-0.4, -0.2) is 9.97 Å². The molecule has 4 nitrogen and oxygen atoms in total. The molecule has 24 heavy (non-hydrogen) atoms. The van der Waals surface area contributed by atoms with E-state index in [1.54, 1.807) is 0 Å². The van der Waals surface area contributed by atoms with Crippen molar-refractivity contribution in [2.24, 2.45) is 0 Å². The van der Waals surface area contributed by atoms with Gasteiger partial charge in [-0.3, -0.25) is 0 Å². The lowest BCUT2D eigenvalue weighted by atomic mass is 10.1. The summed E-state index contributed by atoms with van der Waals surface area (Å²) in [6, 6.07) is 18.6. The summed E-state index contributed by atoms with van der Waals surface area (Å²) in [5.41, 5.74) is 4.73. The molecular formula is C20H22N4. The Balaban J connectivity index is 1.74. The van der Waals surface area contributed by atoms with Gasteiger partial charge in [-0.15, -0.1) is 0 Å². The van der Waals surface area contributed by atoms with Gasteiger partial charge < -0.3 is 10.6 Å². The van der Waals surface area contributed by atoms with E-state index in [2.05, 4.69) is 64.8 Å². The SMILES string of the molecule is Cc1ccc(CNc2cc(Nc3ccccc3C)nc(C)n2)cc1. The Morgan fingerprint density at radius 2 is 1.54 bits per heavy atom. The van der Waals surface area contributed by atoms with Gasteiger partial charge >= 0.3 is 0 Å². The number of hydrogen-bond donors (Lipinski definition) is 2. The van der Waals surface area contributed by atoms with Crippen molar-refractivity contribution in [3.05, 3.63) is 77.1 Å². The fourth-order valence-electron chi connectivity index (χ4n) is 2.47. The van der Waals surface area contributed by atoms with E-state index in [4.69, 9.17) is 0 Å². The molecule has 2 N–H and O–H groups in total. The number of aryl methyl sites for hydroxylation is 3. The van der Waals surface area contributed by atoms with E-state index in [1.807, 2.05) is 31.2 Å². The first-order valence-electron chi connectivity index (χ1n) is 8.08. The van der Waals surface area contributed by atoms with Crippen molar-refractivity contribution >= 4 is 17.3 Å². The van der Waals surface area contributed by atoms with Gasteiger partial charge in [-0.05, 0) is 38.0 Å². The second-order valence-corrected chi connectivity index (χ2v) is 5.96. The van der Waals surface area contributed by atoms with Crippen LogP contribution in [-0.2, 0) is 6.54 Å². The Morgan fingerprint density at radius 1 is 0.833 bits per heavy atom. The highest BCUT2D eigenvalue weighted by Gasteiger charge is 2.04. The number of nitrogens with one attached hydrogen (secondary N) is 2. The molecule has 2 aromatic carbocycles. The number of anilines is 3. The zero-order valence-electron chi connectivity index (χ0n) is 14.3. The zero-order valence-corrected chi connectivity index (χ0v) is 14.3. The molecule has 0 spiro atoms. The van der Waals surface area contributed by atoms with Crippen LogP contribution in [0.1, 0.15) is 22.5 Å². The monoisotopic (exact) mass is 318 g/mol. The number of rotatable bonds is 5. The Labute approximate surface area is 143 Å². The largest absolute Gasteiger partial charge is 0.366 e. The van der Waals surface area contributed by atoms with Crippen molar-refractivity contribution in [2.45, 2.75) is 27.3 Å². The molecule has 0 radical (unpaired) electrons. The first-order valence-corrected chi connectivity index (χ1v) is 8.08. The van der Waals surface area contributed by atoms with Crippen molar-refractivity contribution < 1.29 is 0 Å². The summed E-state index contributed by atoms with van der Waals surface area (Å²) in [7, 11) is 0. The maximum Gasteiger partial charge on any atom is 0.136 e. The quantitative estimate of drug-likeness (QED) is 0.712. The molecule has 0 aliphatic heterocycles. The molecule has 0 saturated heterocycles. The van der Waals surface area contributed by atoms with Crippen LogP contribution in [0.4, 0.5) is 17.3 Å². The molecule has 0 fully saturated rings. The number of nitrogens with zero attached hydrogens (tertiary/aromatic N) is 2.